The number of nitrogens with zero attached hydrogens (tertiary/aromatic N) is 1. The fourth-order valence-corrected chi connectivity index (χ4v) is 5.89. The summed E-state index contributed by atoms with van der Waals surface area (Å²) < 4.78 is 6.11. The summed E-state index contributed by atoms with van der Waals surface area (Å²) in [5, 5.41) is 3.13. The van der Waals surface area contributed by atoms with E-state index in [0.29, 0.717) is 6.42 Å². The highest BCUT2D eigenvalue weighted by molar-refractivity contribution is 5.76. The average molecular weight is 557 g/mol. The predicted octanol–water partition coefficient (Wildman–Crippen LogP) is 9.64. The van der Waals surface area contributed by atoms with Crippen molar-refractivity contribution in [2.75, 3.05) is 32.8 Å². The molecular weight excluding hydrogens is 492 g/mol. The van der Waals surface area contributed by atoms with Gasteiger partial charge in [-0.25, -0.2) is 0 Å². The third kappa shape index (κ3) is 18.7. The third-order valence-corrected chi connectivity index (χ3v) is 8.52. The van der Waals surface area contributed by atoms with E-state index in [1.807, 2.05) is 18.2 Å². The van der Waals surface area contributed by atoms with Gasteiger partial charge in [-0.15, -0.1) is 0 Å². The van der Waals surface area contributed by atoms with Crippen LogP contribution in [0.3, 0.4) is 0 Å². The van der Waals surface area contributed by atoms with Gasteiger partial charge in [0.15, 0.2) is 0 Å². The number of unbranched alkanes of at least 4 members (excludes halogenated alkanes) is 16. The summed E-state index contributed by atoms with van der Waals surface area (Å²) in [5.74, 6) is 1.11. The number of hydrogen-bond donors (Lipinski definition) is 1. The van der Waals surface area contributed by atoms with Gasteiger partial charge in [-0.3, -0.25) is 4.79 Å². The summed E-state index contributed by atoms with van der Waals surface area (Å²) >= 11 is 0. The lowest BCUT2D eigenvalue weighted by molar-refractivity contribution is -0.121. The monoisotopic (exact) mass is 556 g/mol. The van der Waals surface area contributed by atoms with E-state index in [4.69, 9.17) is 4.74 Å². The van der Waals surface area contributed by atoms with E-state index in [0.717, 1.165) is 43.7 Å². The molecule has 40 heavy (non-hydrogen) atoms. The van der Waals surface area contributed by atoms with Gasteiger partial charge in [0, 0.05) is 13.0 Å². The highest BCUT2D eigenvalue weighted by atomic mass is 16.5. The largest absolute Gasteiger partial charge is 0.493 e. The molecule has 1 fully saturated rings. The van der Waals surface area contributed by atoms with Crippen LogP contribution in [0.1, 0.15) is 154 Å². The number of rotatable bonds is 26. The number of piperidine rings is 1. The Morgan fingerprint density at radius 2 is 1.30 bits per heavy atom. The zero-order chi connectivity index (χ0) is 28.4. The van der Waals surface area contributed by atoms with Crippen LogP contribution in [0.25, 0.3) is 0 Å². The number of para-hydroxylation sites is 1. The van der Waals surface area contributed by atoms with Crippen molar-refractivity contribution in [2.24, 2.45) is 0 Å². The molecule has 1 aromatic carbocycles. The maximum absolute atomic E-state index is 12.4. The molecule has 0 atom stereocenters. The molecule has 1 N–H and O–H groups in total. The Kier molecular flexibility index (Phi) is 21.8. The number of carbonyl (C=O) groups excluding carboxylic acids is 1. The lowest BCUT2D eigenvalue weighted by atomic mass is 10.0. The zero-order valence-corrected chi connectivity index (χ0v) is 26.4. The average Bonchev–Trinajstić information content (AvgIpc) is 2.98. The Bertz CT molecular complexity index is 717. The van der Waals surface area contributed by atoms with E-state index in [-0.39, 0.29) is 5.91 Å². The van der Waals surface area contributed by atoms with Crippen LogP contribution in [0.15, 0.2) is 24.3 Å². The number of hydrogen-bond acceptors (Lipinski definition) is 3. The quantitative estimate of drug-likeness (QED) is 0.115. The molecule has 1 heterocycles. The normalized spacial score (nSPS) is 13.9. The van der Waals surface area contributed by atoms with Gasteiger partial charge >= 0.3 is 0 Å². The molecule has 4 nitrogen and oxygen atoms in total. The Hall–Kier alpha value is -1.55. The number of carbonyl (C=O) groups is 1. The standard InChI is InChI=1S/C36H64N2O2/c1-2-3-4-5-6-7-8-9-10-11-12-13-14-15-16-20-29-37-36(39)28-27-34-25-18-19-26-35(34)40-33-24-23-32-38-30-21-17-22-31-38/h18-19,25-26H,2-17,20-24,27-33H2,1H3,(H,37,39). The second-order valence-electron chi connectivity index (χ2n) is 12.2. The van der Waals surface area contributed by atoms with E-state index in [2.05, 4.69) is 23.2 Å². The fourth-order valence-electron chi connectivity index (χ4n) is 5.89. The smallest absolute Gasteiger partial charge is 0.220 e. The zero-order valence-electron chi connectivity index (χ0n) is 26.4. The summed E-state index contributed by atoms with van der Waals surface area (Å²) in [5.41, 5.74) is 1.15. The van der Waals surface area contributed by atoms with Crippen LogP contribution in [0.5, 0.6) is 5.75 Å². The van der Waals surface area contributed by atoms with Crippen LogP contribution in [-0.4, -0.2) is 43.6 Å². The summed E-state index contributed by atoms with van der Waals surface area (Å²) in [7, 11) is 0. The van der Waals surface area contributed by atoms with Crippen LogP contribution >= 0.6 is 0 Å². The second-order valence-corrected chi connectivity index (χ2v) is 12.2. The first kappa shape index (κ1) is 34.7. The Morgan fingerprint density at radius 1 is 0.725 bits per heavy atom. The van der Waals surface area contributed by atoms with Crippen LogP contribution in [0.4, 0.5) is 0 Å². The van der Waals surface area contributed by atoms with Gasteiger partial charge in [0.25, 0.3) is 0 Å². The number of amides is 1. The van der Waals surface area contributed by atoms with Crippen LogP contribution in [0, 0.1) is 0 Å². The maximum atomic E-state index is 12.4. The molecule has 1 aliphatic heterocycles. The minimum Gasteiger partial charge on any atom is -0.493 e. The van der Waals surface area contributed by atoms with Crippen molar-refractivity contribution in [3.63, 3.8) is 0 Å². The molecule has 1 aliphatic rings. The first-order valence-electron chi connectivity index (χ1n) is 17.5. The Morgan fingerprint density at radius 3 is 1.93 bits per heavy atom. The van der Waals surface area contributed by atoms with Gasteiger partial charge in [0.2, 0.25) is 5.91 Å². The summed E-state index contributed by atoms with van der Waals surface area (Å²) in [6.07, 6.45) is 29.7. The minimum atomic E-state index is 0.164. The van der Waals surface area contributed by atoms with Crippen molar-refractivity contribution in [3.8, 4) is 5.75 Å². The Balaban J connectivity index is 1.38. The van der Waals surface area contributed by atoms with Gasteiger partial charge < -0.3 is 15.0 Å². The molecular formula is C36H64N2O2. The molecule has 0 radical (unpaired) electrons. The first-order chi connectivity index (χ1) is 19.8. The van der Waals surface area contributed by atoms with E-state index < -0.39 is 0 Å². The molecule has 0 saturated carbocycles. The van der Waals surface area contributed by atoms with Gasteiger partial charge in [0.1, 0.15) is 5.75 Å². The molecule has 0 aliphatic carbocycles. The van der Waals surface area contributed by atoms with Gasteiger partial charge in [-0.2, -0.15) is 0 Å². The third-order valence-electron chi connectivity index (χ3n) is 8.52. The van der Waals surface area contributed by atoms with Crippen molar-refractivity contribution < 1.29 is 9.53 Å². The fraction of sp³-hybridized carbons (Fsp3) is 0.806. The SMILES string of the molecule is CCCCCCCCCCCCCCCCCCNC(=O)CCc1ccccc1OCCCCN1CCCCC1. The summed E-state index contributed by atoms with van der Waals surface area (Å²) in [4.78, 5) is 15.0. The first-order valence-corrected chi connectivity index (χ1v) is 17.5. The van der Waals surface area contributed by atoms with Gasteiger partial charge in [0.05, 0.1) is 6.61 Å². The second kappa shape index (κ2) is 25.2. The molecule has 1 aromatic rings. The molecule has 1 amide bonds. The van der Waals surface area contributed by atoms with Crippen LogP contribution < -0.4 is 10.1 Å². The van der Waals surface area contributed by atoms with Crippen LogP contribution in [0.2, 0.25) is 0 Å². The highest BCUT2D eigenvalue weighted by Gasteiger charge is 2.10. The minimum absolute atomic E-state index is 0.164. The molecule has 2 rings (SSSR count). The lowest BCUT2D eigenvalue weighted by Crippen LogP contribution is -2.30. The molecule has 0 bridgehead atoms. The number of nitrogens with one attached hydrogen (secondary N) is 1. The molecule has 230 valence electrons. The number of benzene rings is 1. The van der Waals surface area contributed by atoms with Gasteiger partial charge in [-0.05, 0) is 69.8 Å². The van der Waals surface area contributed by atoms with Crippen molar-refractivity contribution in [2.45, 2.75) is 155 Å². The summed E-state index contributed by atoms with van der Waals surface area (Å²) in [6, 6.07) is 8.23. The molecule has 4 heteroatoms. The Labute approximate surface area is 248 Å². The lowest BCUT2D eigenvalue weighted by Gasteiger charge is -2.26. The predicted molar refractivity (Wildman–Crippen MR) is 172 cm³/mol. The maximum Gasteiger partial charge on any atom is 0.220 e. The topological polar surface area (TPSA) is 41.6 Å². The van der Waals surface area contributed by atoms with Crippen molar-refractivity contribution in [1.29, 1.82) is 0 Å². The number of ether oxygens (including phenoxy) is 1. The van der Waals surface area contributed by atoms with Crippen LogP contribution in [-0.2, 0) is 11.2 Å². The van der Waals surface area contributed by atoms with Crippen molar-refractivity contribution >= 4 is 5.91 Å². The van der Waals surface area contributed by atoms with E-state index >= 15 is 0 Å². The number of likely N-dealkylation sites (tertiary alicyclic amines) is 1. The molecule has 0 unspecified atom stereocenters. The highest BCUT2D eigenvalue weighted by Crippen LogP contribution is 2.20. The molecule has 1 saturated heterocycles. The molecule has 0 aromatic heterocycles. The van der Waals surface area contributed by atoms with Crippen molar-refractivity contribution in [1.82, 2.24) is 10.2 Å². The van der Waals surface area contributed by atoms with E-state index in [9.17, 15) is 4.79 Å². The number of aryl methyl sites for hydroxylation is 1. The summed E-state index contributed by atoms with van der Waals surface area (Å²) in [6.45, 7) is 7.60. The van der Waals surface area contributed by atoms with Crippen molar-refractivity contribution in [3.05, 3.63) is 29.8 Å². The van der Waals surface area contributed by atoms with E-state index in [1.54, 1.807) is 0 Å². The van der Waals surface area contributed by atoms with Gasteiger partial charge in [-0.1, -0.05) is 128 Å². The van der Waals surface area contributed by atoms with E-state index in [1.165, 1.54) is 142 Å². The molecule has 0 spiro atoms.